The molecular weight excluding hydrogens is 652 g/mol. The summed E-state index contributed by atoms with van der Waals surface area (Å²) in [6, 6.07) is 0.961. The average molecular weight is 679 g/mol. The van der Waals surface area contributed by atoms with E-state index in [4.69, 9.17) is 20.9 Å². The number of primary amides is 1. The normalized spacial score (nSPS) is 31.2. The van der Waals surface area contributed by atoms with E-state index in [0.29, 0.717) is 0 Å². The van der Waals surface area contributed by atoms with Gasteiger partial charge in [-0.1, -0.05) is 0 Å². The molecule has 5 heterocycles. The molecule has 0 saturated carbocycles. The van der Waals surface area contributed by atoms with Gasteiger partial charge in [-0.25, -0.2) is 24.1 Å². The number of phosphoric acid groups is 2. The minimum Gasteiger partial charge on any atom is -0.387 e. The number of carbonyl (C=O) groups is 1. The molecular formula is C21H27N7O15P2. The van der Waals surface area contributed by atoms with Crippen molar-refractivity contribution in [2.24, 2.45) is 5.73 Å². The highest BCUT2D eigenvalue weighted by molar-refractivity contribution is 7.61. The zero-order chi connectivity index (χ0) is 32.8. The number of aliphatic hydroxyl groups is 4. The van der Waals surface area contributed by atoms with Gasteiger partial charge in [0.05, 0.1) is 19.5 Å². The van der Waals surface area contributed by atoms with Gasteiger partial charge in [0.25, 0.3) is 5.91 Å². The van der Waals surface area contributed by atoms with Crippen LogP contribution in [0.15, 0.2) is 35.9 Å². The maximum Gasteiger partial charge on any atom is 0.481 e. The van der Waals surface area contributed by atoms with Gasteiger partial charge in [-0.05, 0) is 0 Å². The van der Waals surface area contributed by atoms with Gasteiger partial charge < -0.3 is 55.7 Å². The Morgan fingerprint density at radius 3 is 2.11 bits per heavy atom. The summed E-state index contributed by atoms with van der Waals surface area (Å²) < 4.78 is 51.7. The fourth-order valence-corrected chi connectivity index (χ4v) is 6.71. The number of phosphoric ester groups is 2. The van der Waals surface area contributed by atoms with Crippen LogP contribution in [0.25, 0.3) is 11.2 Å². The molecule has 5 rings (SSSR count). The molecule has 22 nitrogen and oxygen atoms in total. The van der Waals surface area contributed by atoms with Crippen molar-refractivity contribution >= 4 is 38.5 Å². The molecule has 3 aromatic heterocycles. The minimum absolute atomic E-state index is 0.0403. The maximum atomic E-state index is 12.4. The number of nitrogen functional groups attached to an aromatic ring is 1. The lowest BCUT2D eigenvalue weighted by Gasteiger charge is -2.20. The molecule has 0 radical (unpaired) electrons. The van der Waals surface area contributed by atoms with Crippen LogP contribution in [0, 0.1) is 0 Å². The molecule has 0 aliphatic carbocycles. The molecule has 2 saturated heterocycles. The summed E-state index contributed by atoms with van der Waals surface area (Å²) >= 11 is 0. The highest BCUT2D eigenvalue weighted by atomic mass is 31.3. The number of pyridine rings is 1. The van der Waals surface area contributed by atoms with Crippen molar-refractivity contribution in [3.05, 3.63) is 46.9 Å². The summed E-state index contributed by atoms with van der Waals surface area (Å²) in [6.07, 6.45) is -7.90. The highest BCUT2D eigenvalue weighted by Crippen LogP contribution is 2.60. The summed E-state index contributed by atoms with van der Waals surface area (Å²) in [5, 5.41) is 41.6. The Morgan fingerprint density at radius 1 is 0.933 bits per heavy atom. The third-order valence-electron chi connectivity index (χ3n) is 6.85. The third kappa shape index (κ3) is 6.83. The fourth-order valence-electron chi connectivity index (χ4n) is 4.62. The van der Waals surface area contributed by atoms with E-state index >= 15 is 0 Å². The van der Waals surface area contributed by atoms with Crippen LogP contribution in [0.5, 0.6) is 0 Å². The first kappa shape index (κ1) is 33.2. The molecule has 0 spiro atoms. The second-order valence-corrected chi connectivity index (χ2v) is 12.9. The predicted octanol–water partition coefficient (Wildman–Crippen LogP) is -3.14. The number of hydrogen-bond donors (Lipinski definition) is 8. The molecule has 0 aromatic carbocycles. The lowest BCUT2D eigenvalue weighted by Crippen LogP contribution is -2.34. The van der Waals surface area contributed by atoms with Gasteiger partial charge in [-0.2, -0.15) is 4.31 Å². The molecule has 10 N–H and O–H groups in total. The molecule has 24 heteroatoms. The van der Waals surface area contributed by atoms with E-state index in [2.05, 4.69) is 28.3 Å². The SMILES string of the molecule is NC(=O)c1cn([C@H]2O[C@@H](COP(=O)(O)OP(=O)(O)OC[C@H]3O[C@@H](n4cnc5c(N)ncnc54)[C@H](O)[C@@H]3O)[C@H](O)[C@@H]2O)ccc1=O. The second-order valence-electron chi connectivity index (χ2n) is 9.82. The van der Waals surface area contributed by atoms with Crippen LogP contribution in [0.3, 0.4) is 0 Å². The lowest BCUT2D eigenvalue weighted by molar-refractivity contribution is -0.0541. The predicted molar refractivity (Wildman–Crippen MR) is 143 cm³/mol. The van der Waals surface area contributed by atoms with E-state index in [1.54, 1.807) is 0 Å². The van der Waals surface area contributed by atoms with Gasteiger partial charge in [0.1, 0.15) is 54.0 Å². The van der Waals surface area contributed by atoms with Crippen LogP contribution >= 0.6 is 15.6 Å². The fraction of sp³-hybridized carbons (Fsp3) is 0.476. The maximum absolute atomic E-state index is 12.4. The Labute approximate surface area is 250 Å². The topological polar surface area (TPSA) is 336 Å². The number of amides is 1. The standard InChI is InChI=1S/C21H27N7O15P2/c22-17-12-19(25-6-24-17)28(7-26-12)21-16(33)14(31)11(42-21)5-40-45(37,38)43-44(35,36)39-4-10-13(30)15(32)20(41-10)27-2-1-9(29)8(3-27)18(23)34/h1-3,6-7,10-11,13-16,20-21,30-33H,4-5H2,(H2,23,34)(H,35,36)(H,37,38)(H2,22,24,25)/t10-,11+,13-,14+,15-,16+,20-,21+/m0/s1. The first-order chi connectivity index (χ1) is 21.1. The second kappa shape index (κ2) is 12.5. The van der Waals surface area contributed by atoms with Gasteiger partial charge in [0.15, 0.2) is 29.3 Å². The van der Waals surface area contributed by atoms with E-state index in [0.717, 1.165) is 29.4 Å². The van der Waals surface area contributed by atoms with Crippen LogP contribution in [-0.4, -0.2) is 110 Å². The number of rotatable bonds is 11. The van der Waals surface area contributed by atoms with Crippen LogP contribution < -0.4 is 16.9 Å². The smallest absolute Gasteiger partial charge is 0.387 e. The van der Waals surface area contributed by atoms with Crippen molar-refractivity contribution in [1.29, 1.82) is 0 Å². The summed E-state index contributed by atoms with van der Waals surface area (Å²) in [6.45, 7) is -1.88. The van der Waals surface area contributed by atoms with Crippen molar-refractivity contribution in [2.45, 2.75) is 49.1 Å². The number of nitrogens with two attached hydrogens (primary N) is 2. The number of anilines is 1. The summed E-state index contributed by atoms with van der Waals surface area (Å²) in [7, 11) is -10.8. The Kier molecular flexibility index (Phi) is 9.23. The number of carbonyl (C=O) groups excluding carboxylic acids is 1. The van der Waals surface area contributed by atoms with Crippen molar-refractivity contribution in [3.63, 3.8) is 0 Å². The van der Waals surface area contributed by atoms with Gasteiger partial charge >= 0.3 is 15.6 Å². The number of fused-ring (bicyclic) bond motifs is 1. The molecule has 2 fully saturated rings. The number of aromatic nitrogens is 5. The van der Waals surface area contributed by atoms with Gasteiger partial charge in [-0.3, -0.25) is 23.2 Å². The van der Waals surface area contributed by atoms with E-state index < -0.39 is 94.8 Å². The molecule has 45 heavy (non-hydrogen) atoms. The zero-order valence-corrected chi connectivity index (χ0v) is 24.4. The minimum atomic E-state index is -5.42. The molecule has 2 aliphatic heterocycles. The first-order valence-electron chi connectivity index (χ1n) is 12.7. The van der Waals surface area contributed by atoms with Crippen molar-refractivity contribution in [1.82, 2.24) is 24.1 Å². The molecule has 2 unspecified atom stereocenters. The molecule has 3 aromatic rings. The Balaban J connectivity index is 1.16. The number of imidazole rings is 1. The molecule has 246 valence electrons. The summed E-state index contributed by atoms with van der Waals surface area (Å²) in [4.78, 5) is 55.1. The first-order valence-corrected chi connectivity index (χ1v) is 15.7. The number of aliphatic hydroxyl groups excluding tert-OH is 4. The van der Waals surface area contributed by atoms with Crippen LogP contribution in [0.2, 0.25) is 0 Å². The van der Waals surface area contributed by atoms with E-state index in [1.165, 1.54) is 10.9 Å². The number of nitrogens with zero attached hydrogens (tertiary/aromatic N) is 5. The third-order valence-corrected chi connectivity index (χ3v) is 9.45. The highest BCUT2D eigenvalue weighted by Gasteiger charge is 2.48. The Bertz CT molecular complexity index is 1740. The van der Waals surface area contributed by atoms with Crippen LogP contribution in [0.4, 0.5) is 5.82 Å². The van der Waals surface area contributed by atoms with Gasteiger partial charge in [0, 0.05) is 18.5 Å². The van der Waals surface area contributed by atoms with Crippen molar-refractivity contribution in [3.8, 4) is 0 Å². The summed E-state index contributed by atoms with van der Waals surface area (Å²) in [5.74, 6) is -1.02. The lowest BCUT2D eigenvalue weighted by atomic mass is 10.1. The average Bonchev–Trinajstić information content (AvgIpc) is 3.61. The van der Waals surface area contributed by atoms with Crippen LogP contribution in [-0.2, 0) is 32.0 Å². The summed E-state index contributed by atoms with van der Waals surface area (Å²) in [5.41, 5.74) is 10.1. The van der Waals surface area contributed by atoms with E-state index in [9.17, 15) is 48.9 Å². The van der Waals surface area contributed by atoms with Gasteiger partial charge in [-0.15, -0.1) is 0 Å². The van der Waals surface area contributed by atoms with Crippen molar-refractivity contribution < 1.29 is 67.0 Å². The monoisotopic (exact) mass is 679 g/mol. The van der Waals surface area contributed by atoms with Crippen molar-refractivity contribution in [2.75, 3.05) is 18.9 Å². The van der Waals surface area contributed by atoms with Crippen LogP contribution in [0.1, 0.15) is 22.8 Å². The largest absolute Gasteiger partial charge is 0.481 e. The Morgan fingerprint density at radius 2 is 1.51 bits per heavy atom. The molecule has 1 amide bonds. The van der Waals surface area contributed by atoms with Gasteiger partial charge in [0.2, 0.25) is 0 Å². The molecule has 2 aliphatic rings. The number of ether oxygens (including phenoxy) is 2. The van der Waals surface area contributed by atoms with E-state index in [-0.39, 0.29) is 17.0 Å². The zero-order valence-electron chi connectivity index (χ0n) is 22.6. The Hall–Kier alpha value is -3.21. The van der Waals surface area contributed by atoms with E-state index in [1.807, 2.05) is 0 Å². The number of hydrogen-bond acceptors (Lipinski definition) is 17. The quantitative estimate of drug-likeness (QED) is 0.0928. The molecule has 10 atom stereocenters. The molecule has 0 bridgehead atoms.